The molecular weight excluding hydrogens is 266 g/mol. The molecule has 0 amide bonds. The van der Waals surface area contributed by atoms with Crippen molar-refractivity contribution in [2.45, 2.75) is 66.5 Å². The van der Waals surface area contributed by atoms with Crippen molar-refractivity contribution in [3.05, 3.63) is 10.6 Å². The van der Waals surface area contributed by atoms with Crippen molar-refractivity contribution in [3.8, 4) is 0 Å². The smallest absolute Gasteiger partial charge is 0.185 e. The molecule has 3 nitrogen and oxygen atoms in total. The van der Waals surface area contributed by atoms with Gasteiger partial charge in [0.05, 0.1) is 5.69 Å². The number of nitrogens with one attached hydrogen (secondary N) is 1. The van der Waals surface area contributed by atoms with Crippen LogP contribution in [0.3, 0.4) is 0 Å². The van der Waals surface area contributed by atoms with Crippen molar-refractivity contribution in [1.29, 1.82) is 0 Å². The molecule has 20 heavy (non-hydrogen) atoms. The van der Waals surface area contributed by atoms with E-state index in [0.29, 0.717) is 11.5 Å². The van der Waals surface area contributed by atoms with Crippen molar-refractivity contribution < 1.29 is 0 Å². The Morgan fingerprint density at radius 3 is 2.75 bits per heavy atom. The molecular formula is C16H29N3S. The maximum absolute atomic E-state index is 4.90. The lowest BCUT2D eigenvalue weighted by molar-refractivity contribution is 0.293. The number of rotatable bonds is 5. The van der Waals surface area contributed by atoms with Crippen LogP contribution >= 0.6 is 11.3 Å². The number of hydrogen-bond acceptors (Lipinski definition) is 4. The van der Waals surface area contributed by atoms with E-state index in [9.17, 15) is 0 Å². The lowest BCUT2D eigenvalue weighted by atomic mass is 9.84. The van der Waals surface area contributed by atoms with Crippen LogP contribution in [0.2, 0.25) is 0 Å². The predicted octanol–water partition coefficient (Wildman–Crippen LogP) is 3.83. The molecule has 0 saturated carbocycles. The van der Waals surface area contributed by atoms with Gasteiger partial charge in [-0.2, -0.15) is 0 Å². The zero-order valence-electron chi connectivity index (χ0n) is 13.6. The van der Waals surface area contributed by atoms with Crippen LogP contribution < -0.4 is 10.2 Å². The van der Waals surface area contributed by atoms with Crippen molar-refractivity contribution in [2.24, 2.45) is 5.41 Å². The third-order valence-electron chi connectivity index (χ3n) is 3.94. The first-order chi connectivity index (χ1) is 9.41. The minimum Gasteiger partial charge on any atom is -0.348 e. The topological polar surface area (TPSA) is 28.2 Å². The molecule has 0 bridgehead atoms. The minimum absolute atomic E-state index is 0.423. The predicted molar refractivity (Wildman–Crippen MR) is 88.7 cm³/mol. The van der Waals surface area contributed by atoms with Crippen LogP contribution in [0, 0.1) is 5.41 Å². The third-order valence-corrected chi connectivity index (χ3v) is 5.10. The van der Waals surface area contributed by atoms with Crippen molar-refractivity contribution in [2.75, 3.05) is 18.0 Å². The summed E-state index contributed by atoms with van der Waals surface area (Å²) in [6, 6.07) is 0.527. The Kier molecular flexibility index (Phi) is 5.08. The molecule has 1 aliphatic heterocycles. The fourth-order valence-electron chi connectivity index (χ4n) is 2.80. The Balaban J connectivity index is 2.12. The first-order valence-corrected chi connectivity index (χ1v) is 8.70. The molecule has 1 fully saturated rings. The van der Waals surface area contributed by atoms with Gasteiger partial charge in [0.15, 0.2) is 5.13 Å². The standard InChI is InChI=1S/C16H29N3S/c1-6-13-14(10-17-12(2)3)20-15(18-13)19-9-7-8-16(4,5)11-19/h12,17H,6-11H2,1-5H3. The Bertz CT molecular complexity index is 437. The van der Waals surface area contributed by atoms with Crippen molar-refractivity contribution in [3.63, 3.8) is 0 Å². The number of thiazole rings is 1. The molecule has 1 aromatic rings. The monoisotopic (exact) mass is 295 g/mol. The second-order valence-electron chi connectivity index (χ2n) is 6.94. The Morgan fingerprint density at radius 2 is 2.15 bits per heavy atom. The average Bonchev–Trinajstić information content (AvgIpc) is 2.78. The molecule has 0 spiro atoms. The van der Waals surface area contributed by atoms with E-state index in [-0.39, 0.29) is 0 Å². The summed E-state index contributed by atoms with van der Waals surface area (Å²) in [5.74, 6) is 0. The third kappa shape index (κ3) is 3.95. The molecule has 0 unspecified atom stereocenters. The normalized spacial score (nSPS) is 18.8. The van der Waals surface area contributed by atoms with E-state index in [1.807, 2.05) is 11.3 Å². The number of piperidine rings is 1. The van der Waals surface area contributed by atoms with Gasteiger partial charge in [0, 0.05) is 30.6 Å². The number of nitrogens with zero attached hydrogens (tertiary/aromatic N) is 2. The lowest BCUT2D eigenvalue weighted by Crippen LogP contribution is -2.40. The fourth-order valence-corrected chi connectivity index (χ4v) is 3.93. The molecule has 1 saturated heterocycles. The summed E-state index contributed by atoms with van der Waals surface area (Å²) in [6.07, 6.45) is 3.65. The number of aromatic nitrogens is 1. The summed E-state index contributed by atoms with van der Waals surface area (Å²) < 4.78 is 0. The number of anilines is 1. The van der Waals surface area contributed by atoms with Crippen molar-refractivity contribution >= 4 is 16.5 Å². The van der Waals surface area contributed by atoms with Crippen molar-refractivity contribution in [1.82, 2.24) is 10.3 Å². The largest absolute Gasteiger partial charge is 0.348 e. The SMILES string of the molecule is CCc1nc(N2CCCC(C)(C)C2)sc1CNC(C)C. The van der Waals surface area contributed by atoms with Gasteiger partial charge in [0.25, 0.3) is 0 Å². The zero-order chi connectivity index (χ0) is 14.8. The van der Waals surface area contributed by atoms with Crippen LogP contribution in [0.15, 0.2) is 0 Å². The second kappa shape index (κ2) is 6.44. The summed E-state index contributed by atoms with van der Waals surface area (Å²) in [7, 11) is 0. The van der Waals surface area contributed by atoms with E-state index in [2.05, 4.69) is 44.8 Å². The van der Waals surface area contributed by atoms with E-state index in [0.717, 1.165) is 26.1 Å². The van der Waals surface area contributed by atoms with Crippen LogP contribution in [0.25, 0.3) is 0 Å². The van der Waals surface area contributed by atoms with Gasteiger partial charge in [0.2, 0.25) is 0 Å². The van der Waals surface area contributed by atoms with Gasteiger partial charge in [0.1, 0.15) is 0 Å². The number of hydrogen-bond donors (Lipinski definition) is 1. The maximum atomic E-state index is 4.90. The van der Waals surface area contributed by atoms with E-state index in [1.54, 1.807) is 0 Å². The highest BCUT2D eigenvalue weighted by Gasteiger charge is 2.28. The lowest BCUT2D eigenvalue weighted by Gasteiger charge is -2.37. The minimum atomic E-state index is 0.423. The first-order valence-electron chi connectivity index (χ1n) is 7.88. The quantitative estimate of drug-likeness (QED) is 0.895. The molecule has 1 aliphatic rings. The molecule has 2 rings (SSSR count). The molecule has 1 N–H and O–H groups in total. The van der Waals surface area contributed by atoms with E-state index < -0.39 is 0 Å². The Morgan fingerprint density at radius 1 is 1.40 bits per heavy atom. The zero-order valence-corrected chi connectivity index (χ0v) is 14.4. The van der Waals surface area contributed by atoms with Gasteiger partial charge in [-0.15, -0.1) is 11.3 Å². The van der Waals surface area contributed by atoms with Crippen LogP contribution in [0.5, 0.6) is 0 Å². The highest BCUT2D eigenvalue weighted by atomic mass is 32.1. The van der Waals surface area contributed by atoms with E-state index in [1.165, 1.54) is 28.5 Å². The van der Waals surface area contributed by atoms with Gasteiger partial charge < -0.3 is 10.2 Å². The van der Waals surface area contributed by atoms with Gasteiger partial charge in [-0.3, -0.25) is 0 Å². The van der Waals surface area contributed by atoms with E-state index in [4.69, 9.17) is 4.98 Å². The van der Waals surface area contributed by atoms with Crippen LogP contribution in [-0.2, 0) is 13.0 Å². The summed E-state index contributed by atoms with van der Waals surface area (Å²) in [4.78, 5) is 8.81. The summed E-state index contributed by atoms with van der Waals surface area (Å²) >= 11 is 1.89. The molecule has 0 aromatic carbocycles. The van der Waals surface area contributed by atoms with E-state index >= 15 is 0 Å². The average molecular weight is 295 g/mol. The Labute approximate surface area is 127 Å². The number of aryl methyl sites for hydroxylation is 1. The second-order valence-corrected chi connectivity index (χ2v) is 8.01. The van der Waals surface area contributed by atoms with Gasteiger partial charge in [-0.1, -0.05) is 34.6 Å². The first kappa shape index (κ1) is 15.8. The van der Waals surface area contributed by atoms with Gasteiger partial charge >= 0.3 is 0 Å². The molecule has 0 atom stereocenters. The van der Waals surface area contributed by atoms with Crippen LogP contribution in [-0.4, -0.2) is 24.1 Å². The molecule has 1 aromatic heterocycles. The van der Waals surface area contributed by atoms with Gasteiger partial charge in [-0.25, -0.2) is 4.98 Å². The molecule has 114 valence electrons. The molecule has 4 heteroatoms. The van der Waals surface area contributed by atoms with Crippen LogP contribution in [0.1, 0.15) is 58.0 Å². The van der Waals surface area contributed by atoms with Gasteiger partial charge in [-0.05, 0) is 24.7 Å². The molecule has 2 heterocycles. The highest BCUT2D eigenvalue weighted by molar-refractivity contribution is 7.15. The summed E-state index contributed by atoms with van der Waals surface area (Å²) in [6.45, 7) is 14.6. The molecule has 0 radical (unpaired) electrons. The van der Waals surface area contributed by atoms with Crippen LogP contribution in [0.4, 0.5) is 5.13 Å². The highest BCUT2D eigenvalue weighted by Crippen LogP contribution is 2.34. The summed E-state index contributed by atoms with van der Waals surface area (Å²) in [5.41, 5.74) is 1.70. The Hall–Kier alpha value is -0.610. The fraction of sp³-hybridized carbons (Fsp3) is 0.812. The summed E-state index contributed by atoms with van der Waals surface area (Å²) in [5, 5.41) is 4.75. The maximum Gasteiger partial charge on any atom is 0.185 e. The molecule has 0 aliphatic carbocycles.